The minimum atomic E-state index is 0.258. The smallest absolute Gasteiger partial charge is 0.218 e. The lowest BCUT2D eigenvalue weighted by molar-refractivity contribution is 0.296. The van der Waals surface area contributed by atoms with Gasteiger partial charge in [-0.25, -0.2) is 4.98 Å². The van der Waals surface area contributed by atoms with Crippen LogP contribution in [0.2, 0.25) is 0 Å². The Balaban J connectivity index is 2.08. The van der Waals surface area contributed by atoms with E-state index in [9.17, 15) is 0 Å². The molecule has 2 aromatic heterocycles. The maximum absolute atomic E-state index is 5.73. The maximum Gasteiger partial charge on any atom is 0.218 e. The molecule has 0 radical (unpaired) electrons. The molecule has 0 bridgehead atoms. The van der Waals surface area contributed by atoms with E-state index in [0.29, 0.717) is 19.0 Å². The Morgan fingerprint density at radius 2 is 2.14 bits per heavy atom. The minimum absolute atomic E-state index is 0.258. The number of aromatic nitrogens is 3. The quantitative estimate of drug-likeness (QED) is 0.752. The van der Waals surface area contributed by atoms with Gasteiger partial charge in [0.2, 0.25) is 5.88 Å². The number of rotatable bonds is 8. The summed E-state index contributed by atoms with van der Waals surface area (Å²) in [4.78, 5) is 13.1. The summed E-state index contributed by atoms with van der Waals surface area (Å²) in [5.41, 5.74) is 1.11. The van der Waals surface area contributed by atoms with E-state index in [4.69, 9.17) is 4.74 Å². The number of anilines is 1. The highest BCUT2D eigenvalue weighted by molar-refractivity contribution is 5.39. The summed E-state index contributed by atoms with van der Waals surface area (Å²) in [5, 5.41) is 3.32. The van der Waals surface area contributed by atoms with E-state index in [1.807, 2.05) is 24.4 Å². The number of nitrogens with one attached hydrogen (secondary N) is 1. The Labute approximate surface area is 132 Å². The number of hydrogen-bond acceptors (Lipinski definition) is 5. The highest BCUT2D eigenvalue weighted by Gasteiger charge is 2.09. The molecule has 0 aromatic carbocycles. The molecule has 1 N–H and O–H groups in total. The van der Waals surface area contributed by atoms with Crippen LogP contribution in [0.15, 0.2) is 30.6 Å². The molecule has 0 saturated carbocycles. The van der Waals surface area contributed by atoms with Crippen LogP contribution in [0.4, 0.5) is 5.82 Å². The molecule has 5 heteroatoms. The Bertz CT molecular complexity index is 572. The van der Waals surface area contributed by atoms with E-state index in [1.165, 1.54) is 0 Å². The summed E-state index contributed by atoms with van der Waals surface area (Å²) in [6.07, 6.45) is 5.74. The predicted octanol–water partition coefficient (Wildman–Crippen LogP) is 3.79. The van der Waals surface area contributed by atoms with E-state index in [1.54, 1.807) is 6.20 Å². The van der Waals surface area contributed by atoms with Crippen LogP contribution in [0.1, 0.15) is 50.9 Å². The van der Waals surface area contributed by atoms with Crippen molar-refractivity contribution in [1.29, 1.82) is 0 Å². The van der Waals surface area contributed by atoms with Gasteiger partial charge < -0.3 is 10.1 Å². The summed E-state index contributed by atoms with van der Waals surface area (Å²) in [7, 11) is 0. The van der Waals surface area contributed by atoms with E-state index in [2.05, 4.69) is 41.0 Å². The van der Waals surface area contributed by atoms with Gasteiger partial charge in [-0.3, -0.25) is 4.98 Å². The molecule has 118 valence electrons. The molecule has 5 nitrogen and oxygen atoms in total. The van der Waals surface area contributed by atoms with Crippen molar-refractivity contribution in [3.05, 3.63) is 42.0 Å². The molecular weight excluding hydrogens is 276 g/mol. The fourth-order valence-electron chi connectivity index (χ4n) is 1.88. The highest BCUT2D eigenvalue weighted by atomic mass is 16.5. The van der Waals surface area contributed by atoms with Gasteiger partial charge in [-0.1, -0.05) is 33.3 Å². The Hall–Kier alpha value is -2.17. The summed E-state index contributed by atoms with van der Waals surface area (Å²) < 4.78 is 5.73. The van der Waals surface area contributed by atoms with Crippen LogP contribution in [0, 0.1) is 0 Å². The monoisotopic (exact) mass is 300 g/mol. The van der Waals surface area contributed by atoms with E-state index in [-0.39, 0.29) is 5.92 Å². The number of hydrogen-bond donors (Lipinski definition) is 1. The van der Waals surface area contributed by atoms with E-state index < -0.39 is 0 Å². The topological polar surface area (TPSA) is 59.9 Å². The molecule has 0 amide bonds. The van der Waals surface area contributed by atoms with Gasteiger partial charge in [0.1, 0.15) is 11.6 Å². The molecule has 0 saturated heterocycles. The van der Waals surface area contributed by atoms with Gasteiger partial charge in [0.05, 0.1) is 6.61 Å². The highest BCUT2D eigenvalue weighted by Crippen LogP contribution is 2.19. The summed E-state index contributed by atoms with van der Waals surface area (Å²) in [6, 6.07) is 5.82. The average molecular weight is 300 g/mol. The molecule has 0 fully saturated rings. The Morgan fingerprint density at radius 1 is 1.27 bits per heavy atom. The fraction of sp³-hybridized carbons (Fsp3) is 0.471. The average Bonchev–Trinajstić information content (AvgIpc) is 2.54. The first kappa shape index (κ1) is 16.2. The number of ether oxygens (including phenoxy) is 1. The predicted molar refractivity (Wildman–Crippen MR) is 88.1 cm³/mol. The normalized spacial score (nSPS) is 10.7. The number of nitrogens with zero attached hydrogens (tertiary/aromatic N) is 3. The third-order valence-electron chi connectivity index (χ3n) is 3.18. The van der Waals surface area contributed by atoms with Gasteiger partial charge in [0, 0.05) is 30.9 Å². The molecule has 0 aliphatic carbocycles. The first-order chi connectivity index (χ1) is 10.7. The molecule has 0 aliphatic rings. The van der Waals surface area contributed by atoms with Gasteiger partial charge >= 0.3 is 0 Å². The number of unbranched alkanes of at least 4 members (excludes halogenated alkanes) is 1. The van der Waals surface area contributed by atoms with Crippen molar-refractivity contribution < 1.29 is 4.74 Å². The van der Waals surface area contributed by atoms with Crippen molar-refractivity contribution in [3.8, 4) is 5.88 Å². The number of pyridine rings is 1. The van der Waals surface area contributed by atoms with Gasteiger partial charge in [-0.15, -0.1) is 0 Å². The van der Waals surface area contributed by atoms with Gasteiger partial charge in [0.25, 0.3) is 0 Å². The lowest BCUT2D eigenvalue weighted by Crippen LogP contribution is -2.08. The zero-order valence-electron chi connectivity index (χ0n) is 13.5. The first-order valence-corrected chi connectivity index (χ1v) is 7.83. The van der Waals surface area contributed by atoms with Crippen LogP contribution in [-0.4, -0.2) is 21.6 Å². The zero-order valence-corrected chi connectivity index (χ0v) is 13.5. The fourth-order valence-corrected chi connectivity index (χ4v) is 1.88. The van der Waals surface area contributed by atoms with Crippen LogP contribution in [-0.2, 0) is 6.54 Å². The summed E-state index contributed by atoms with van der Waals surface area (Å²) in [5.74, 6) is 2.48. The summed E-state index contributed by atoms with van der Waals surface area (Å²) >= 11 is 0. The van der Waals surface area contributed by atoms with Gasteiger partial charge in [-0.2, -0.15) is 4.98 Å². The largest absolute Gasteiger partial charge is 0.478 e. The second-order valence-corrected chi connectivity index (χ2v) is 5.52. The Morgan fingerprint density at radius 3 is 2.82 bits per heavy atom. The van der Waals surface area contributed by atoms with Crippen molar-refractivity contribution in [3.63, 3.8) is 0 Å². The molecular formula is C17H24N4O. The van der Waals surface area contributed by atoms with Crippen molar-refractivity contribution in [2.24, 2.45) is 0 Å². The molecule has 0 atom stereocenters. The molecule has 2 rings (SSSR count). The standard InChI is InChI=1S/C17H24N4O/c1-4-5-9-22-16-10-15(20-17(21-16)13(2)3)19-12-14-7-6-8-18-11-14/h6-8,10-11,13H,4-5,9,12H2,1-3H3,(H,19,20,21). The van der Waals surface area contributed by atoms with Crippen LogP contribution in [0.5, 0.6) is 5.88 Å². The van der Waals surface area contributed by atoms with Crippen LogP contribution < -0.4 is 10.1 Å². The molecule has 0 aliphatic heterocycles. The third-order valence-corrected chi connectivity index (χ3v) is 3.18. The second-order valence-electron chi connectivity index (χ2n) is 5.52. The SMILES string of the molecule is CCCCOc1cc(NCc2cccnc2)nc(C(C)C)n1. The molecule has 2 aromatic rings. The molecule has 0 spiro atoms. The Kier molecular flexibility index (Phi) is 6.13. The minimum Gasteiger partial charge on any atom is -0.478 e. The van der Waals surface area contributed by atoms with Crippen LogP contribution >= 0.6 is 0 Å². The zero-order chi connectivity index (χ0) is 15.8. The first-order valence-electron chi connectivity index (χ1n) is 7.83. The molecule has 2 heterocycles. The third kappa shape index (κ3) is 4.98. The van der Waals surface area contributed by atoms with Crippen molar-refractivity contribution in [2.75, 3.05) is 11.9 Å². The van der Waals surface area contributed by atoms with Crippen molar-refractivity contribution >= 4 is 5.82 Å². The second kappa shape index (κ2) is 8.32. The molecule has 0 unspecified atom stereocenters. The maximum atomic E-state index is 5.73. The van der Waals surface area contributed by atoms with Crippen molar-refractivity contribution in [2.45, 2.75) is 46.1 Å². The van der Waals surface area contributed by atoms with E-state index >= 15 is 0 Å². The van der Waals surface area contributed by atoms with Gasteiger partial charge in [0.15, 0.2) is 0 Å². The van der Waals surface area contributed by atoms with Crippen LogP contribution in [0.25, 0.3) is 0 Å². The van der Waals surface area contributed by atoms with Crippen molar-refractivity contribution in [1.82, 2.24) is 15.0 Å². The van der Waals surface area contributed by atoms with Gasteiger partial charge in [-0.05, 0) is 18.1 Å². The lowest BCUT2D eigenvalue weighted by Gasteiger charge is -2.12. The molecule has 22 heavy (non-hydrogen) atoms. The lowest BCUT2D eigenvalue weighted by atomic mass is 10.2. The summed E-state index contributed by atoms with van der Waals surface area (Å²) in [6.45, 7) is 7.67. The van der Waals surface area contributed by atoms with E-state index in [0.717, 1.165) is 30.0 Å². The van der Waals surface area contributed by atoms with Crippen LogP contribution in [0.3, 0.4) is 0 Å².